The molecule has 74 valence electrons. The molecule has 1 aliphatic heterocycles. The summed E-state index contributed by atoms with van der Waals surface area (Å²) in [5.74, 6) is 0.608. The van der Waals surface area contributed by atoms with Crippen LogP contribution in [0.25, 0.3) is 0 Å². The van der Waals surface area contributed by atoms with Crippen LogP contribution in [0.4, 0.5) is 5.69 Å². The van der Waals surface area contributed by atoms with Crippen molar-refractivity contribution in [2.45, 2.75) is 26.2 Å². The maximum atomic E-state index is 4.26. The first kappa shape index (κ1) is 9.25. The molecule has 0 aliphatic carbocycles. The van der Waals surface area contributed by atoms with Gasteiger partial charge in [-0.25, -0.2) is 0 Å². The Kier molecular flexibility index (Phi) is 2.53. The summed E-state index contributed by atoms with van der Waals surface area (Å²) in [4.78, 5) is 4.26. The molecule has 2 heteroatoms. The van der Waals surface area contributed by atoms with Crippen LogP contribution in [-0.4, -0.2) is 12.9 Å². The molecule has 0 saturated carbocycles. The third kappa shape index (κ3) is 1.52. The molecule has 1 aromatic rings. The minimum Gasteiger partial charge on any atom is -0.366 e. The Bertz CT molecular complexity index is 355. The summed E-state index contributed by atoms with van der Waals surface area (Å²) in [6, 6.07) is 6.44. The van der Waals surface area contributed by atoms with Crippen molar-refractivity contribution in [2.75, 3.05) is 12.0 Å². The van der Waals surface area contributed by atoms with Crippen molar-refractivity contribution < 1.29 is 0 Å². The number of anilines is 1. The lowest BCUT2D eigenvalue weighted by Gasteiger charge is -2.19. The van der Waals surface area contributed by atoms with E-state index in [9.17, 15) is 0 Å². The van der Waals surface area contributed by atoms with E-state index < -0.39 is 0 Å². The summed E-state index contributed by atoms with van der Waals surface area (Å²) in [7, 11) is 0. The molecule has 0 amide bonds. The Hall–Kier alpha value is -1.31. The van der Waals surface area contributed by atoms with Crippen LogP contribution in [0.1, 0.15) is 37.3 Å². The van der Waals surface area contributed by atoms with Gasteiger partial charge in [0.15, 0.2) is 0 Å². The molecule has 2 rings (SSSR count). The van der Waals surface area contributed by atoms with E-state index in [1.165, 1.54) is 23.2 Å². The molecule has 1 N–H and O–H groups in total. The zero-order valence-corrected chi connectivity index (χ0v) is 8.75. The van der Waals surface area contributed by atoms with Crippen molar-refractivity contribution in [1.29, 1.82) is 0 Å². The van der Waals surface area contributed by atoms with Crippen molar-refractivity contribution in [1.82, 2.24) is 0 Å². The van der Waals surface area contributed by atoms with Gasteiger partial charge in [0.1, 0.15) is 6.67 Å². The van der Waals surface area contributed by atoms with Gasteiger partial charge >= 0.3 is 0 Å². The third-order valence-corrected chi connectivity index (χ3v) is 2.86. The van der Waals surface area contributed by atoms with Crippen molar-refractivity contribution >= 4 is 11.9 Å². The second kappa shape index (κ2) is 3.82. The molecule has 1 aromatic carbocycles. The van der Waals surface area contributed by atoms with Crippen LogP contribution in [0.5, 0.6) is 0 Å². The Morgan fingerprint density at radius 1 is 1.50 bits per heavy atom. The standard InChI is InChI=1S/C12H16N2/c1-3-9(2)10-5-4-6-12-11(10)7-13-8-14-12/h4-7,9,14H,3,8H2,1-2H3. The number of nitrogens with one attached hydrogen (secondary N) is 1. The number of hydrogen-bond acceptors (Lipinski definition) is 2. The lowest BCUT2D eigenvalue weighted by atomic mass is 9.93. The summed E-state index contributed by atoms with van der Waals surface area (Å²) >= 11 is 0. The summed E-state index contributed by atoms with van der Waals surface area (Å²) in [5.41, 5.74) is 3.90. The average molecular weight is 188 g/mol. The number of hydrogen-bond donors (Lipinski definition) is 1. The van der Waals surface area contributed by atoms with Gasteiger partial charge in [-0.1, -0.05) is 26.0 Å². The van der Waals surface area contributed by atoms with Gasteiger partial charge in [-0.3, -0.25) is 4.99 Å². The van der Waals surface area contributed by atoms with Crippen molar-refractivity contribution in [3.05, 3.63) is 29.3 Å². The molecular formula is C12H16N2. The molecular weight excluding hydrogens is 172 g/mol. The average Bonchev–Trinajstić information content (AvgIpc) is 2.27. The minimum absolute atomic E-state index is 0.608. The van der Waals surface area contributed by atoms with Gasteiger partial charge in [-0.2, -0.15) is 0 Å². The van der Waals surface area contributed by atoms with Crippen LogP contribution in [-0.2, 0) is 0 Å². The minimum atomic E-state index is 0.608. The first-order valence-electron chi connectivity index (χ1n) is 5.19. The number of fused-ring (bicyclic) bond motifs is 1. The van der Waals surface area contributed by atoms with Crippen LogP contribution in [0.2, 0.25) is 0 Å². The molecule has 1 atom stereocenters. The first-order valence-corrected chi connectivity index (χ1v) is 5.19. The summed E-state index contributed by atoms with van der Waals surface area (Å²) in [5, 5.41) is 3.28. The number of benzene rings is 1. The van der Waals surface area contributed by atoms with Gasteiger partial charge < -0.3 is 5.32 Å². The zero-order chi connectivity index (χ0) is 9.97. The maximum Gasteiger partial charge on any atom is 0.107 e. The van der Waals surface area contributed by atoms with Crippen LogP contribution >= 0.6 is 0 Å². The number of aliphatic imine (C=N–C) groups is 1. The van der Waals surface area contributed by atoms with E-state index in [4.69, 9.17) is 0 Å². The monoisotopic (exact) mass is 188 g/mol. The van der Waals surface area contributed by atoms with Crippen LogP contribution in [0.3, 0.4) is 0 Å². The molecule has 0 bridgehead atoms. The molecule has 0 spiro atoms. The zero-order valence-electron chi connectivity index (χ0n) is 8.75. The first-order chi connectivity index (χ1) is 6.83. The predicted octanol–water partition coefficient (Wildman–Crippen LogP) is 3.00. The van der Waals surface area contributed by atoms with Gasteiger partial charge in [-0.05, 0) is 24.0 Å². The smallest absolute Gasteiger partial charge is 0.107 e. The number of rotatable bonds is 2. The molecule has 1 heterocycles. The quantitative estimate of drug-likeness (QED) is 0.758. The fraction of sp³-hybridized carbons (Fsp3) is 0.417. The van der Waals surface area contributed by atoms with E-state index >= 15 is 0 Å². The van der Waals surface area contributed by atoms with Crippen LogP contribution < -0.4 is 5.32 Å². The second-order valence-electron chi connectivity index (χ2n) is 3.76. The largest absolute Gasteiger partial charge is 0.366 e. The van der Waals surface area contributed by atoms with Crippen LogP contribution in [0, 0.1) is 0 Å². The topological polar surface area (TPSA) is 24.4 Å². The fourth-order valence-electron chi connectivity index (χ4n) is 1.80. The highest BCUT2D eigenvalue weighted by molar-refractivity contribution is 5.91. The molecule has 1 aliphatic rings. The van der Waals surface area contributed by atoms with Gasteiger partial charge in [0.05, 0.1) is 0 Å². The van der Waals surface area contributed by atoms with E-state index in [1.807, 2.05) is 6.21 Å². The Morgan fingerprint density at radius 3 is 3.14 bits per heavy atom. The van der Waals surface area contributed by atoms with E-state index in [2.05, 4.69) is 42.4 Å². The van der Waals surface area contributed by atoms with Gasteiger partial charge in [0.25, 0.3) is 0 Å². The van der Waals surface area contributed by atoms with E-state index in [0.717, 1.165) is 0 Å². The van der Waals surface area contributed by atoms with Crippen molar-refractivity contribution in [3.63, 3.8) is 0 Å². The lowest BCUT2D eigenvalue weighted by molar-refractivity contribution is 0.732. The normalized spacial score (nSPS) is 15.9. The Balaban J connectivity index is 2.47. The van der Waals surface area contributed by atoms with Crippen molar-refractivity contribution in [2.24, 2.45) is 4.99 Å². The van der Waals surface area contributed by atoms with E-state index in [1.54, 1.807) is 0 Å². The molecule has 14 heavy (non-hydrogen) atoms. The SMILES string of the molecule is CCC(C)c1cccc2c1C=NCN2. The summed E-state index contributed by atoms with van der Waals surface area (Å²) in [6.07, 6.45) is 3.16. The fourth-order valence-corrected chi connectivity index (χ4v) is 1.80. The second-order valence-corrected chi connectivity index (χ2v) is 3.76. The molecule has 0 saturated heterocycles. The Labute approximate surface area is 85.1 Å². The van der Waals surface area contributed by atoms with Gasteiger partial charge in [0, 0.05) is 17.5 Å². The molecule has 0 aromatic heterocycles. The van der Waals surface area contributed by atoms with Crippen LogP contribution in [0.15, 0.2) is 23.2 Å². The van der Waals surface area contributed by atoms with Gasteiger partial charge in [0.2, 0.25) is 0 Å². The van der Waals surface area contributed by atoms with Gasteiger partial charge in [-0.15, -0.1) is 0 Å². The highest BCUT2D eigenvalue weighted by Gasteiger charge is 2.12. The highest BCUT2D eigenvalue weighted by Crippen LogP contribution is 2.28. The molecule has 0 radical (unpaired) electrons. The van der Waals surface area contributed by atoms with E-state index in [-0.39, 0.29) is 0 Å². The lowest BCUT2D eigenvalue weighted by Crippen LogP contribution is -2.10. The number of nitrogens with zero attached hydrogens (tertiary/aromatic N) is 1. The third-order valence-electron chi connectivity index (χ3n) is 2.86. The van der Waals surface area contributed by atoms with Crippen molar-refractivity contribution in [3.8, 4) is 0 Å². The maximum absolute atomic E-state index is 4.26. The summed E-state index contributed by atoms with van der Waals surface area (Å²) < 4.78 is 0. The highest BCUT2D eigenvalue weighted by atomic mass is 15.0. The predicted molar refractivity (Wildman–Crippen MR) is 61.2 cm³/mol. The Morgan fingerprint density at radius 2 is 2.36 bits per heavy atom. The molecule has 2 nitrogen and oxygen atoms in total. The summed E-state index contributed by atoms with van der Waals surface area (Å²) in [6.45, 7) is 5.19. The van der Waals surface area contributed by atoms with E-state index in [0.29, 0.717) is 12.6 Å². The molecule has 1 unspecified atom stereocenters. The molecule has 0 fully saturated rings.